The molecule has 0 bridgehead atoms. The first-order chi connectivity index (χ1) is 10.5. The molecule has 0 radical (unpaired) electrons. The van der Waals surface area contributed by atoms with Gasteiger partial charge in [-0.3, -0.25) is 9.59 Å². The van der Waals surface area contributed by atoms with Crippen LogP contribution >= 0.6 is 0 Å². The number of urea groups is 1. The van der Waals surface area contributed by atoms with Crippen molar-refractivity contribution in [3.63, 3.8) is 0 Å². The van der Waals surface area contributed by atoms with Crippen LogP contribution in [0.15, 0.2) is 24.3 Å². The molecule has 0 aliphatic heterocycles. The Hall–Kier alpha value is -2.57. The predicted molar refractivity (Wildman–Crippen MR) is 81.7 cm³/mol. The van der Waals surface area contributed by atoms with Crippen molar-refractivity contribution in [2.45, 2.75) is 25.7 Å². The van der Waals surface area contributed by atoms with Gasteiger partial charge in [0.25, 0.3) is 0 Å². The number of carbonyl (C=O) groups excluding carboxylic acids is 2. The number of carbonyl (C=O) groups is 3. The number of nitrogens with one attached hydrogen (secondary N) is 3. The average Bonchev–Trinajstić information content (AvgIpc) is 3.30. The van der Waals surface area contributed by atoms with Gasteiger partial charge in [-0.25, -0.2) is 4.79 Å². The van der Waals surface area contributed by atoms with Crippen molar-refractivity contribution in [2.75, 3.05) is 17.2 Å². The van der Waals surface area contributed by atoms with Gasteiger partial charge in [0, 0.05) is 30.3 Å². The summed E-state index contributed by atoms with van der Waals surface area (Å²) in [6.45, 7) is 0.299. The lowest BCUT2D eigenvalue weighted by molar-refractivity contribution is -0.137. The van der Waals surface area contributed by atoms with Crippen LogP contribution in [0.25, 0.3) is 0 Å². The smallest absolute Gasteiger partial charge is 0.319 e. The van der Waals surface area contributed by atoms with Crippen LogP contribution in [0.1, 0.15) is 25.7 Å². The van der Waals surface area contributed by atoms with Gasteiger partial charge < -0.3 is 21.1 Å². The highest BCUT2D eigenvalue weighted by atomic mass is 16.4. The molecule has 1 aromatic carbocycles. The van der Waals surface area contributed by atoms with Crippen molar-refractivity contribution in [3.8, 4) is 0 Å². The van der Waals surface area contributed by atoms with Crippen LogP contribution in [0.3, 0.4) is 0 Å². The van der Waals surface area contributed by atoms with Crippen molar-refractivity contribution >= 4 is 29.3 Å². The van der Waals surface area contributed by atoms with E-state index in [2.05, 4.69) is 16.0 Å². The molecule has 118 valence electrons. The SMILES string of the molecule is O=C(O)CCCNC(=O)Nc1ccc(NC(=O)C2CC2)cc1. The number of benzene rings is 1. The summed E-state index contributed by atoms with van der Waals surface area (Å²) in [7, 11) is 0. The van der Waals surface area contributed by atoms with E-state index in [9.17, 15) is 14.4 Å². The molecular formula is C15H19N3O4. The van der Waals surface area contributed by atoms with Gasteiger partial charge in [-0.05, 0) is 43.5 Å². The monoisotopic (exact) mass is 305 g/mol. The Bertz CT molecular complexity index is 552. The van der Waals surface area contributed by atoms with Crippen LogP contribution in [0.2, 0.25) is 0 Å². The van der Waals surface area contributed by atoms with Crippen LogP contribution in [0.4, 0.5) is 16.2 Å². The first kappa shape index (κ1) is 15.8. The number of aliphatic carboxylic acids is 1. The largest absolute Gasteiger partial charge is 0.481 e. The van der Waals surface area contributed by atoms with E-state index in [0.717, 1.165) is 12.8 Å². The molecule has 0 unspecified atom stereocenters. The maximum atomic E-state index is 11.6. The summed E-state index contributed by atoms with van der Waals surface area (Å²) in [6, 6.07) is 6.44. The summed E-state index contributed by atoms with van der Waals surface area (Å²) >= 11 is 0. The summed E-state index contributed by atoms with van der Waals surface area (Å²) in [5.41, 5.74) is 1.30. The van der Waals surface area contributed by atoms with Crippen molar-refractivity contribution in [2.24, 2.45) is 5.92 Å². The second kappa shape index (κ2) is 7.44. The van der Waals surface area contributed by atoms with Crippen molar-refractivity contribution in [1.29, 1.82) is 0 Å². The summed E-state index contributed by atoms with van der Waals surface area (Å²) in [5, 5.41) is 16.5. The topological polar surface area (TPSA) is 108 Å². The fraction of sp³-hybridized carbons (Fsp3) is 0.400. The molecular weight excluding hydrogens is 286 g/mol. The molecule has 7 heteroatoms. The molecule has 0 aromatic heterocycles. The van der Waals surface area contributed by atoms with Gasteiger partial charge in [-0.2, -0.15) is 0 Å². The molecule has 4 N–H and O–H groups in total. The zero-order chi connectivity index (χ0) is 15.9. The zero-order valence-electron chi connectivity index (χ0n) is 12.1. The minimum atomic E-state index is -0.883. The third-order valence-corrected chi connectivity index (χ3v) is 3.21. The number of hydrogen-bond acceptors (Lipinski definition) is 3. The molecule has 2 rings (SSSR count). The number of amides is 3. The highest BCUT2D eigenvalue weighted by Gasteiger charge is 2.29. The molecule has 0 spiro atoms. The number of anilines is 2. The average molecular weight is 305 g/mol. The summed E-state index contributed by atoms with van der Waals surface area (Å²) in [4.78, 5) is 33.5. The molecule has 1 aromatic rings. The lowest BCUT2D eigenvalue weighted by Gasteiger charge is -2.08. The Kier molecular flexibility index (Phi) is 5.35. The van der Waals surface area contributed by atoms with E-state index in [-0.39, 0.29) is 24.3 Å². The van der Waals surface area contributed by atoms with Gasteiger partial charge in [0.1, 0.15) is 0 Å². The van der Waals surface area contributed by atoms with Gasteiger partial charge in [0.15, 0.2) is 0 Å². The molecule has 1 aliphatic carbocycles. The number of hydrogen-bond donors (Lipinski definition) is 4. The zero-order valence-corrected chi connectivity index (χ0v) is 12.1. The maximum absolute atomic E-state index is 11.6. The van der Waals surface area contributed by atoms with E-state index < -0.39 is 5.97 Å². The number of carboxylic acid groups (broad SMARTS) is 1. The van der Waals surface area contributed by atoms with Crippen LogP contribution in [-0.2, 0) is 9.59 Å². The van der Waals surface area contributed by atoms with Gasteiger partial charge in [0.2, 0.25) is 5.91 Å². The maximum Gasteiger partial charge on any atom is 0.319 e. The molecule has 22 heavy (non-hydrogen) atoms. The molecule has 1 aliphatic rings. The van der Waals surface area contributed by atoms with Crippen molar-refractivity contribution < 1.29 is 19.5 Å². The number of rotatable bonds is 7. The van der Waals surface area contributed by atoms with Crippen LogP contribution in [0.5, 0.6) is 0 Å². The lowest BCUT2D eigenvalue weighted by Crippen LogP contribution is -2.29. The van der Waals surface area contributed by atoms with E-state index >= 15 is 0 Å². The van der Waals surface area contributed by atoms with E-state index in [1.54, 1.807) is 24.3 Å². The summed E-state index contributed by atoms with van der Waals surface area (Å²) < 4.78 is 0. The standard InChI is InChI=1S/C15H19N3O4/c19-13(20)2-1-9-16-15(22)18-12-7-5-11(6-8-12)17-14(21)10-3-4-10/h5-8,10H,1-4,9H2,(H,17,21)(H,19,20)(H2,16,18,22). The highest BCUT2D eigenvalue weighted by molar-refractivity contribution is 5.94. The van der Waals surface area contributed by atoms with E-state index in [1.807, 2.05) is 0 Å². The third kappa shape index (κ3) is 5.43. The van der Waals surface area contributed by atoms with E-state index in [1.165, 1.54) is 0 Å². The third-order valence-electron chi connectivity index (χ3n) is 3.21. The Morgan fingerprint density at radius 1 is 1.05 bits per heavy atom. The fourth-order valence-electron chi connectivity index (χ4n) is 1.84. The second-order valence-corrected chi connectivity index (χ2v) is 5.22. The van der Waals surface area contributed by atoms with Gasteiger partial charge in [0.05, 0.1) is 0 Å². The molecule has 0 heterocycles. The first-order valence-corrected chi connectivity index (χ1v) is 7.22. The highest BCUT2D eigenvalue weighted by Crippen LogP contribution is 2.30. The van der Waals surface area contributed by atoms with Crippen LogP contribution in [0, 0.1) is 5.92 Å². The quantitative estimate of drug-likeness (QED) is 0.578. The van der Waals surface area contributed by atoms with Crippen LogP contribution in [-0.4, -0.2) is 29.6 Å². The molecule has 7 nitrogen and oxygen atoms in total. The van der Waals surface area contributed by atoms with Gasteiger partial charge in [-0.15, -0.1) is 0 Å². The summed E-state index contributed by atoms with van der Waals surface area (Å²) in [5.74, 6) is -0.697. The second-order valence-electron chi connectivity index (χ2n) is 5.22. The Morgan fingerprint density at radius 2 is 1.64 bits per heavy atom. The Balaban J connectivity index is 1.71. The number of carboxylic acids is 1. The van der Waals surface area contributed by atoms with Crippen LogP contribution < -0.4 is 16.0 Å². The minimum Gasteiger partial charge on any atom is -0.481 e. The molecule has 0 saturated heterocycles. The van der Waals surface area contributed by atoms with E-state index in [4.69, 9.17) is 5.11 Å². The molecule has 1 fully saturated rings. The van der Waals surface area contributed by atoms with Crippen molar-refractivity contribution in [1.82, 2.24) is 5.32 Å². The lowest BCUT2D eigenvalue weighted by atomic mass is 10.2. The van der Waals surface area contributed by atoms with E-state index in [0.29, 0.717) is 24.3 Å². The molecule has 1 saturated carbocycles. The van der Waals surface area contributed by atoms with Gasteiger partial charge in [-0.1, -0.05) is 0 Å². The Morgan fingerprint density at radius 3 is 2.18 bits per heavy atom. The first-order valence-electron chi connectivity index (χ1n) is 7.22. The normalized spacial score (nSPS) is 13.3. The minimum absolute atomic E-state index is 0.0235. The molecule has 3 amide bonds. The van der Waals surface area contributed by atoms with Crippen molar-refractivity contribution in [3.05, 3.63) is 24.3 Å². The summed E-state index contributed by atoms with van der Waals surface area (Å²) in [6.07, 6.45) is 2.31. The van der Waals surface area contributed by atoms with Gasteiger partial charge >= 0.3 is 12.0 Å². The molecule has 0 atom stereocenters. The fourth-order valence-corrected chi connectivity index (χ4v) is 1.84. The Labute approximate surface area is 128 Å². The predicted octanol–water partition coefficient (Wildman–Crippen LogP) is 2.02.